The van der Waals surface area contributed by atoms with E-state index in [4.69, 9.17) is 16.6 Å². The van der Waals surface area contributed by atoms with E-state index in [9.17, 15) is 4.79 Å². The van der Waals surface area contributed by atoms with Gasteiger partial charge in [0.25, 0.3) is 0 Å². The van der Waals surface area contributed by atoms with Gasteiger partial charge in [0.15, 0.2) is 5.82 Å². The summed E-state index contributed by atoms with van der Waals surface area (Å²) in [6.45, 7) is 18.8. The van der Waals surface area contributed by atoms with Crippen molar-refractivity contribution in [2.75, 3.05) is 39.3 Å². The third-order valence-corrected chi connectivity index (χ3v) is 9.88. The first-order valence-electron chi connectivity index (χ1n) is 14.2. The molecule has 0 radical (unpaired) electrons. The lowest BCUT2D eigenvalue weighted by atomic mass is 9.99. The molecule has 0 aliphatic carbocycles. The van der Waals surface area contributed by atoms with Crippen LogP contribution < -0.4 is 5.32 Å². The molecule has 3 aromatic rings. The summed E-state index contributed by atoms with van der Waals surface area (Å²) >= 11 is 7.92. The Morgan fingerprint density at radius 2 is 1.77 bits per heavy atom. The Morgan fingerprint density at radius 3 is 2.45 bits per heavy atom. The zero-order chi connectivity index (χ0) is 28.6. The van der Waals surface area contributed by atoms with Crippen molar-refractivity contribution in [3.8, 4) is 5.00 Å². The zero-order valence-electron chi connectivity index (χ0n) is 24.4. The normalized spacial score (nSPS) is 18.7. The van der Waals surface area contributed by atoms with Gasteiger partial charge in [0.1, 0.15) is 16.9 Å². The molecule has 1 aromatic carbocycles. The fourth-order valence-corrected chi connectivity index (χ4v) is 6.89. The minimum absolute atomic E-state index is 0.0263. The first kappa shape index (κ1) is 28.9. The second-order valence-electron chi connectivity index (χ2n) is 11.3. The molecule has 8 nitrogen and oxygen atoms in total. The molecule has 0 spiro atoms. The van der Waals surface area contributed by atoms with Crippen molar-refractivity contribution in [1.82, 2.24) is 29.9 Å². The average Bonchev–Trinajstić information content (AvgIpc) is 3.41. The summed E-state index contributed by atoms with van der Waals surface area (Å²) in [6.07, 6.45) is 0.210. The van der Waals surface area contributed by atoms with E-state index in [-0.39, 0.29) is 12.3 Å². The number of nitrogens with zero attached hydrogens (tertiary/aromatic N) is 6. The van der Waals surface area contributed by atoms with Crippen molar-refractivity contribution in [2.45, 2.75) is 60.0 Å². The van der Waals surface area contributed by atoms with Crippen molar-refractivity contribution in [1.29, 1.82) is 0 Å². The second-order valence-corrected chi connectivity index (χ2v) is 13.0. The van der Waals surface area contributed by atoms with Gasteiger partial charge in [-0.15, -0.1) is 21.5 Å². The molecule has 10 heteroatoms. The summed E-state index contributed by atoms with van der Waals surface area (Å²) in [5.74, 6) is 2.13. The van der Waals surface area contributed by atoms with Crippen LogP contribution in [0.3, 0.4) is 0 Å². The number of rotatable bonds is 8. The quantitative estimate of drug-likeness (QED) is 0.406. The highest BCUT2D eigenvalue weighted by Gasteiger charge is 2.32. The standard InChI is InChI=1S/C30H40ClN7OS/c1-18(2)20(4)37-15-13-36(14-16-37)12-11-32-26(39)17-25-29-35-34-22(6)38(29)30-27(19(3)21(5)40-30)28(33-25)23-7-9-24(31)10-8-23/h7-10,18,20,25H,11-17H2,1-6H3,(H,32,39)/t20?,25-/m0/s1. The van der Waals surface area contributed by atoms with Crippen LogP contribution >= 0.6 is 22.9 Å². The molecule has 2 aromatic heterocycles. The monoisotopic (exact) mass is 581 g/mol. The number of aromatic nitrogens is 3. The molecule has 1 saturated heterocycles. The molecule has 4 heterocycles. The van der Waals surface area contributed by atoms with Gasteiger partial charge in [-0.05, 0) is 51.3 Å². The number of aliphatic imine (C=N–C) groups is 1. The Morgan fingerprint density at radius 1 is 1.07 bits per heavy atom. The molecule has 1 N–H and O–H groups in total. The maximum absolute atomic E-state index is 13.2. The molecule has 2 aliphatic rings. The third kappa shape index (κ3) is 5.88. The first-order chi connectivity index (χ1) is 19.1. The van der Waals surface area contributed by atoms with Gasteiger partial charge in [-0.25, -0.2) is 0 Å². The van der Waals surface area contributed by atoms with Crippen molar-refractivity contribution in [3.63, 3.8) is 0 Å². The van der Waals surface area contributed by atoms with E-state index in [1.165, 1.54) is 10.4 Å². The summed E-state index contributed by atoms with van der Waals surface area (Å²) in [7, 11) is 0. The number of hydrogen-bond donors (Lipinski definition) is 1. The molecule has 1 amide bonds. The molecular formula is C30H40ClN7OS. The lowest BCUT2D eigenvalue weighted by Crippen LogP contribution is -2.52. The van der Waals surface area contributed by atoms with Gasteiger partial charge >= 0.3 is 0 Å². The van der Waals surface area contributed by atoms with Crippen LogP contribution in [0.4, 0.5) is 0 Å². The van der Waals surface area contributed by atoms with Crippen LogP contribution in [0.5, 0.6) is 0 Å². The molecule has 0 saturated carbocycles. The molecule has 0 bridgehead atoms. The Kier molecular flexibility index (Phi) is 8.75. The predicted octanol–water partition coefficient (Wildman–Crippen LogP) is 4.97. The van der Waals surface area contributed by atoms with Gasteiger partial charge in [0.05, 0.1) is 12.1 Å². The van der Waals surface area contributed by atoms with E-state index < -0.39 is 6.04 Å². The minimum atomic E-state index is -0.452. The molecular weight excluding hydrogens is 542 g/mol. The molecule has 5 rings (SSSR count). The van der Waals surface area contributed by atoms with Gasteiger partial charge in [0.2, 0.25) is 5.91 Å². The summed E-state index contributed by atoms with van der Waals surface area (Å²) in [5.41, 5.74) is 4.09. The topological polar surface area (TPSA) is 78.7 Å². The summed E-state index contributed by atoms with van der Waals surface area (Å²) in [6, 6.07) is 7.91. The smallest absolute Gasteiger partial charge is 0.222 e. The number of thiophene rings is 1. The van der Waals surface area contributed by atoms with Crippen LogP contribution in [-0.2, 0) is 4.79 Å². The van der Waals surface area contributed by atoms with Crippen LogP contribution in [-0.4, -0.2) is 81.5 Å². The molecule has 2 aliphatic heterocycles. The first-order valence-corrected chi connectivity index (χ1v) is 15.4. The summed E-state index contributed by atoms with van der Waals surface area (Å²) in [4.78, 5) is 24.7. The number of carbonyl (C=O) groups is 1. The van der Waals surface area contributed by atoms with Crippen LogP contribution in [0.2, 0.25) is 5.02 Å². The number of nitrogens with one attached hydrogen (secondary N) is 1. The lowest BCUT2D eigenvalue weighted by Gasteiger charge is -2.39. The predicted molar refractivity (Wildman–Crippen MR) is 163 cm³/mol. The van der Waals surface area contributed by atoms with E-state index in [0.717, 1.165) is 60.4 Å². The molecule has 1 fully saturated rings. The minimum Gasteiger partial charge on any atom is -0.355 e. The van der Waals surface area contributed by atoms with E-state index >= 15 is 0 Å². The van der Waals surface area contributed by atoms with E-state index in [2.05, 4.69) is 64.5 Å². The highest BCUT2D eigenvalue weighted by atomic mass is 35.5. The van der Waals surface area contributed by atoms with Crippen LogP contribution in [0.25, 0.3) is 5.00 Å². The fourth-order valence-electron chi connectivity index (χ4n) is 5.55. The number of piperazine rings is 1. The van der Waals surface area contributed by atoms with E-state index in [1.807, 2.05) is 31.2 Å². The SMILES string of the molecule is Cc1sc2c(c1C)C(c1ccc(Cl)cc1)=N[C@@H](CC(=O)NCCN1CCN(C(C)C(C)C)CC1)c1nnc(C)n1-2. The molecule has 2 atom stereocenters. The van der Waals surface area contributed by atoms with Crippen LogP contribution in [0.15, 0.2) is 29.3 Å². The van der Waals surface area contributed by atoms with Gasteiger partial charge in [-0.1, -0.05) is 37.6 Å². The number of hydrogen-bond acceptors (Lipinski definition) is 7. The van der Waals surface area contributed by atoms with Crippen molar-refractivity contribution in [3.05, 3.63) is 62.5 Å². The third-order valence-electron chi connectivity index (χ3n) is 8.43. The average molecular weight is 582 g/mol. The Balaban J connectivity index is 1.32. The van der Waals surface area contributed by atoms with Crippen LogP contribution in [0, 0.1) is 26.7 Å². The van der Waals surface area contributed by atoms with Gasteiger partial charge in [-0.2, -0.15) is 0 Å². The van der Waals surface area contributed by atoms with Crippen molar-refractivity contribution < 1.29 is 4.79 Å². The van der Waals surface area contributed by atoms with E-state index in [0.29, 0.717) is 29.4 Å². The Bertz CT molecular complexity index is 1390. The maximum Gasteiger partial charge on any atom is 0.222 e. The highest BCUT2D eigenvalue weighted by molar-refractivity contribution is 7.15. The summed E-state index contributed by atoms with van der Waals surface area (Å²) < 4.78 is 2.09. The fraction of sp³-hybridized carbons (Fsp3) is 0.533. The van der Waals surface area contributed by atoms with Gasteiger partial charge in [-0.3, -0.25) is 24.2 Å². The van der Waals surface area contributed by atoms with Crippen molar-refractivity contribution >= 4 is 34.6 Å². The zero-order valence-corrected chi connectivity index (χ0v) is 25.9. The maximum atomic E-state index is 13.2. The summed E-state index contributed by atoms with van der Waals surface area (Å²) in [5, 5.41) is 13.8. The second kappa shape index (κ2) is 12.1. The highest BCUT2D eigenvalue weighted by Crippen LogP contribution is 2.39. The molecule has 214 valence electrons. The Hall–Kier alpha value is -2.59. The number of amides is 1. The number of aryl methyl sites for hydroxylation is 2. The van der Waals surface area contributed by atoms with Gasteiger partial charge in [0, 0.05) is 66.3 Å². The van der Waals surface area contributed by atoms with Crippen molar-refractivity contribution in [2.24, 2.45) is 10.9 Å². The van der Waals surface area contributed by atoms with Gasteiger partial charge < -0.3 is 5.32 Å². The lowest BCUT2D eigenvalue weighted by molar-refractivity contribution is -0.121. The Labute approximate surface area is 246 Å². The number of benzene rings is 1. The largest absolute Gasteiger partial charge is 0.355 e. The van der Waals surface area contributed by atoms with E-state index in [1.54, 1.807) is 11.3 Å². The van der Waals surface area contributed by atoms with Crippen LogP contribution in [0.1, 0.15) is 66.5 Å². The number of halogens is 1. The molecule has 40 heavy (non-hydrogen) atoms. The molecule has 1 unspecified atom stereocenters. The number of fused-ring (bicyclic) bond motifs is 3. The number of carbonyl (C=O) groups excluding carboxylic acids is 1.